The van der Waals surface area contributed by atoms with Crippen molar-refractivity contribution in [2.75, 3.05) is 6.54 Å². The van der Waals surface area contributed by atoms with Crippen molar-refractivity contribution in [3.63, 3.8) is 0 Å². The van der Waals surface area contributed by atoms with Crippen LogP contribution in [0.4, 0.5) is 0 Å². The van der Waals surface area contributed by atoms with Crippen molar-refractivity contribution in [1.82, 2.24) is 5.32 Å². The Labute approximate surface area is 135 Å². The molecule has 5 heteroatoms. The van der Waals surface area contributed by atoms with Gasteiger partial charge in [-0.3, -0.25) is 0 Å². The van der Waals surface area contributed by atoms with Crippen LogP contribution in [-0.2, 0) is 12.8 Å². The van der Waals surface area contributed by atoms with Crippen LogP contribution in [0, 0.1) is 0 Å². The first kappa shape index (κ1) is 14.1. The number of halogens is 2. The molecule has 0 radical (unpaired) electrons. The number of thiophene rings is 2. The van der Waals surface area contributed by atoms with Crippen LogP contribution >= 0.6 is 50.2 Å². The summed E-state index contributed by atoms with van der Waals surface area (Å²) in [5.74, 6) is 0. The number of rotatable bonds is 4. The van der Waals surface area contributed by atoms with Crippen LogP contribution in [0.25, 0.3) is 0 Å². The standard InChI is InChI=1S/C14H15BrClNS2/c15-13-5-4-9(18-13)6-7-17-11-2-1-3-12-10(11)8-14(16)19-12/h4-5,8,11,17H,1-3,6-7H2. The minimum atomic E-state index is 0.496. The van der Waals surface area contributed by atoms with Gasteiger partial charge in [-0.1, -0.05) is 11.6 Å². The number of hydrogen-bond acceptors (Lipinski definition) is 3. The van der Waals surface area contributed by atoms with Gasteiger partial charge in [-0.2, -0.15) is 0 Å². The van der Waals surface area contributed by atoms with E-state index in [1.165, 1.54) is 38.4 Å². The lowest BCUT2D eigenvalue weighted by molar-refractivity contribution is 0.467. The van der Waals surface area contributed by atoms with E-state index in [4.69, 9.17) is 11.6 Å². The van der Waals surface area contributed by atoms with Gasteiger partial charge in [0, 0.05) is 22.3 Å². The van der Waals surface area contributed by atoms with Gasteiger partial charge in [0.2, 0.25) is 0 Å². The number of fused-ring (bicyclic) bond motifs is 1. The molecule has 0 bridgehead atoms. The summed E-state index contributed by atoms with van der Waals surface area (Å²) in [6, 6.07) is 6.97. The molecule has 1 unspecified atom stereocenters. The highest BCUT2D eigenvalue weighted by atomic mass is 79.9. The second kappa shape index (κ2) is 6.27. The third-order valence-electron chi connectivity index (χ3n) is 3.47. The maximum atomic E-state index is 6.14. The predicted molar refractivity (Wildman–Crippen MR) is 88.7 cm³/mol. The van der Waals surface area contributed by atoms with Crippen molar-refractivity contribution in [3.8, 4) is 0 Å². The minimum Gasteiger partial charge on any atom is -0.310 e. The van der Waals surface area contributed by atoms with E-state index in [0.717, 1.165) is 17.3 Å². The summed E-state index contributed by atoms with van der Waals surface area (Å²) >= 11 is 13.2. The van der Waals surface area contributed by atoms with E-state index in [0.29, 0.717) is 6.04 Å². The van der Waals surface area contributed by atoms with E-state index in [1.807, 2.05) is 11.3 Å². The summed E-state index contributed by atoms with van der Waals surface area (Å²) in [6.45, 7) is 1.03. The zero-order valence-electron chi connectivity index (χ0n) is 10.4. The topological polar surface area (TPSA) is 12.0 Å². The van der Waals surface area contributed by atoms with Crippen molar-refractivity contribution in [1.29, 1.82) is 0 Å². The molecule has 0 spiro atoms. The summed E-state index contributed by atoms with van der Waals surface area (Å²) in [5.41, 5.74) is 1.44. The molecule has 0 aromatic carbocycles. The average molecular weight is 377 g/mol. The largest absolute Gasteiger partial charge is 0.310 e. The molecule has 2 aromatic heterocycles. The van der Waals surface area contributed by atoms with Crippen LogP contribution in [0.5, 0.6) is 0 Å². The predicted octanol–water partition coefficient (Wildman–Crippen LogP) is 5.44. The lowest BCUT2D eigenvalue weighted by Crippen LogP contribution is -2.26. The average Bonchev–Trinajstić information content (AvgIpc) is 2.95. The Balaban J connectivity index is 1.59. The minimum absolute atomic E-state index is 0.496. The second-order valence-electron chi connectivity index (χ2n) is 4.78. The fourth-order valence-corrected chi connectivity index (χ4v) is 5.46. The van der Waals surface area contributed by atoms with Crippen molar-refractivity contribution >= 4 is 50.2 Å². The van der Waals surface area contributed by atoms with E-state index < -0.39 is 0 Å². The Morgan fingerprint density at radius 2 is 2.26 bits per heavy atom. The molecule has 2 heterocycles. The molecule has 0 saturated carbocycles. The first-order valence-corrected chi connectivity index (χ1v) is 9.28. The molecule has 2 aromatic rings. The molecule has 102 valence electrons. The Bertz CT molecular complexity index is 564. The smallest absolute Gasteiger partial charge is 0.0934 e. The first-order valence-electron chi connectivity index (χ1n) is 6.48. The van der Waals surface area contributed by atoms with E-state index in [9.17, 15) is 0 Å². The van der Waals surface area contributed by atoms with Gasteiger partial charge in [-0.05, 0) is 65.4 Å². The first-order chi connectivity index (χ1) is 9.22. The maximum Gasteiger partial charge on any atom is 0.0934 e. The fraction of sp³-hybridized carbons (Fsp3) is 0.429. The van der Waals surface area contributed by atoms with Crippen LogP contribution < -0.4 is 5.32 Å². The fourth-order valence-electron chi connectivity index (χ4n) is 2.59. The summed E-state index contributed by atoms with van der Waals surface area (Å²) in [6.07, 6.45) is 4.79. The monoisotopic (exact) mass is 375 g/mol. The van der Waals surface area contributed by atoms with E-state index in [2.05, 4.69) is 39.4 Å². The molecule has 19 heavy (non-hydrogen) atoms. The third-order valence-corrected chi connectivity index (χ3v) is 6.50. The molecule has 0 fully saturated rings. The summed E-state index contributed by atoms with van der Waals surface area (Å²) in [5, 5.41) is 3.69. The van der Waals surface area contributed by atoms with Crippen molar-refractivity contribution in [2.45, 2.75) is 31.7 Å². The molecule has 1 atom stereocenters. The van der Waals surface area contributed by atoms with Crippen LogP contribution in [0.3, 0.4) is 0 Å². The normalized spacial score (nSPS) is 18.5. The zero-order chi connectivity index (χ0) is 13.2. The van der Waals surface area contributed by atoms with E-state index in [1.54, 1.807) is 11.3 Å². The van der Waals surface area contributed by atoms with Gasteiger partial charge in [-0.15, -0.1) is 22.7 Å². The van der Waals surface area contributed by atoms with Crippen molar-refractivity contribution in [3.05, 3.63) is 41.6 Å². The van der Waals surface area contributed by atoms with Gasteiger partial charge in [0.25, 0.3) is 0 Å². The quantitative estimate of drug-likeness (QED) is 0.749. The molecular weight excluding hydrogens is 362 g/mol. The Hall–Kier alpha value is 0.130. The highest BCUT2D eigenvalue weighted by Gasteiger charge is 2.22. The SMILES string of the molecule is Clc1cc2c(s1)CCCC2NCCc1ccc(Br)s1. The Kier molecular flexibility index (Phi) is 4.65. The van der Waals surface area contributed by atoms with Crippen LogP contribution in [0.2, 0.25) is 4.34 Å². The molecule has 0 saturated heterocycles. The Morgan fingerprint density at radius 3 is 3.05 bits per heavy atom. The van der Waals surface area contributed by atoms with Crippen LogP contribution in [0.15, 0.2) is 22.0 Å². The summed E-state index contributed by atoms with van der Waals surface area (Å²) in [7, 11) is 0. The molecule has 1 aliphatic carbocycles. The molecule has 1 nitrogen and oxygen atoms in total. The van der Waals surface area contributed by atoms with E-state index in [-0.39, 0.29) is 0 Å². The third kappa shape index (κ3) is 3.42. The van der Waals surface area contributed by atoms with Gasteiger partial charge in [0.15, 0.2) is 0 Å². The van der Waals surface area contributed by atoms with Crippen molar-refractivity contribution in [2.24, 2.45) is 0 Å². The van der Waals surface area contributed by atoms with Gasteiger partial charge < -0.3 is 5.32 Å². The molecular formula is C14H15BrClNS2. The number of nitrogens with one attached hydrogen (secondary N) is 1. The molecule has 3 rings (SSSR count). The Morgan fingerprint density at radius 1 is 1.37 bits per heavy atom. The van der Waals surface area contributed by atoms with Gasteiger partial charge in [0.05, 0.1) is 8.12 Å². The van der Waals surface area contributed by atoms with Gasteiger partial charge >= 0.3 is 0 Å². The lowest BCUT2D eigenvalue weighted by atomic mass is 9.94. The van der Waals surface area contributed by atoms with Gasteiger partial charge in [0.1, 0.15) is 0 Å². The molecule has 1 aliphatic rings. The van der Waals surface area contributed by atoms with Crippen LogP contribution in [0.1, 0.15) is 34.2 Å². The van der Waals surface area contributed by atoms with Crippen LogP contribution in [-0.4, -0.2) is 6.54 Å². The second-order valence-corrected chi connectivity index (χ2v) is 9.10. The van der Waals surface area contributed by atoms with E-state index >= 15 is 0 Å². The number of aryl methyl sites for hydroxylation is 1. The molecule has 0 aliphatic heterocycles. The maximum absolute atomic E-state index is 6.14. The lowest BCUT2D eigenvalue weighted by Gasteiger charge is -2.23. The van der Waals surface area contributed by atoms with Crippen molar-refractivity contribution < 1.29 is 0 Å². The summed E-state index contributed by atoms with van der Waals surface area (Å²) < 4.78 is 2.15. The molecule has 0 amide bonds. The summed E-state index contributed by atoms with van der Waals surface area (Å²) in [4.78, 5) is 2.91. The zero-order valence-corrected chi connectivity index (χ0v) is 14.4. The highest BCUT2D eigenvalue weighted by Crippen LogP contribution is 2.37. The van der Waals surface area contributed by atoms with Gasteiger partial charge in [-0.25, -0.2) is 0 Å². The molecule has 1 N–H and O–H groups in total. The highest BCUT2D eigenvalue weighted by molar-refractivity contribution is 9.11. The number of hydrogen-bond donors (Lipinski definition) is 1.